The predicted octanol–water partition coefficient (Wildman–Crippen LogP) is 3.57. The number of ether oxygens (including phenoxy) is 1. The fourth-order valence-electron chi connectivity index (χ4n) is 1.47. The Morgan fingerprint density at radius 3 is 2.62 bits per heavy atom. The number of thiazole rings is 1. The van der Waals surface area contributed by atoms with Crippen LogP contribution < -0.4 is 4.74 Å². The predicted molar refractivity (Wildman–Crippen MR) is 63.5 cm³/mol. The molecule has 0 spiro atoms. The van der Waals surface area contributed by atoms with Crippen molar-refractivity contribution >= 4 is 11.3 Å². The SMILES string of the molecule is COc1sc(-c2ccc(F)c(C)c2)nc1C. The van der Waals surface area contributed by atoms with Crippen LogP contribution in [0, 0.1) is 19.7 Å². The second-order valence-corrected chi connectivity index (χ2v) is 4.52. The minimum Gasteiger partial charge on any atom is -0.486 e. The second-order valence-electron chi connectivity index (χ2n) is 3.56. The largest absolute Gasteiger partial charge is 0.486 e. The van der Waals surface area contributed by atoms with Gasteiger partial charge < -0.3 is 4.74 Å². The molecule has 0 aliphatic carbocycles. The van der Waals surface area contributed by atoms with E-state index in [2.05, 4.69) is 4.98 Å². The van der Waals surface area contributed by atoms with Gasteiger partial charge in [0.15, 0.2) is 5.06 Å². The standard InChI is InChI=1S/C12H12FNOS/c1-7-6-9(4-5-10(7)13)11-14-8(2)12(15-3)16-11/h4-6H,1-3H3. The van der Waals surface area contributed by atoms with Gasteiger partial charge in [-0.3, -0.25) is 0 Å². The maximum absolute atomic E-state index is 13.1. The highest BCUT2D eigenvalue weighted by molar-refractivity contribution is 7.17. The molecule has 0 unspecified atom stereocenters. The van der Waals surface area contributed by atoms with Crippen LogP contribution in [0.25, 0.3) is 10.6 Å². The van der Waals surface area contributed by atoms with Crippen molar-refractivity contribution in [1.82, 2.24) is 4.98 Å². The van der Waals surface area contributed by atoms with Gasteiger partial charge in [-0.15, -0.1) is 0 Å². The van der Waals surface area contributed by atoms with Crippen LogP contribution in [0.5, 0.6) is 5.06 Å². The molecule has 0 aliphatic rings. The van der Waals surface area contributed by atoms with E-state index < -0.39 is 0 Å². The Labute approximate surface area is 97.7 Å². The molecular weight excluding hydrogens is 225 g/mol. The average molecular weight is 237 g/mol. The summed E-state index contributed by atoms with van der Waals surface area (Å²) in [6, 6.07) is 5.00. The summed E-state index contributed by atoms with van der Waals surface area (Å²) in [5.41, 5.74) is 2.42. The summed E-state index contributed by atoms with van der Waals surface area (Å²) >= 11 is 1.47. The average Bonchev–Trinajstić information content (AvgIpc) is 2.64. The Bertz CT molecular complexity index is 522. The lowest BCUT2D eigenvalue weighted by Crippen LogP contribution is -1.84. The molecule has 1 aromatic heterocycles. The van der Waals surface area contributed by atoms with Crippen LogP contribution in [-0.4, -0.2) is 12.1 Å². The number of nitrogens with zero attached hydrogens (tertiary/aromatic N) is 1. The minimum atomic E-state index is -0.191. The Kier molecular flexibility index (Phi) is 2.92. The van der Waals surface area contributed by atoms with E-state index in [0.717, 1.165) is 21.3 Å². The van der Waals surface area contributed by atoms with Crippen molar-refractivity contribution in [2.24, 2.45) is 0 Å². The van der Waals surface area contributed by atoms with Crippen LogP contribution in [0.1, 0.15) is 11.3 Å². The molecule has 16 heavy (non-hydrogen) atoms. The molecule has 2 nitrogen and oxygen atoms in total. The van der Waals surface area contributed by atoms with Gasteiger partial charge in [0.25, 0.3) is 0 Å². The lowest BCUT2D eigenvalue weighted by molar-refractivity contribution is 0.423. The third-order valence-electron chi connectivity index (χ3n) is 2.34. The molecule has 84 valence electrons. The molecule has 0 N–H and O–H groups in total. The van der Waals surface area contributed by atoms with Crippen molar-refractivity contribution in [1.29, 1.82) is 0 Å². The van der Waals surface area contributed by atoms with E-state index in [1.165, 1.54) is 17.4 Å². The zero-order valence-electron chi connectivity index (χ0n) is 9.37. The van der Waals surface area contributed by atoms with Crippen molar-refractivity contribution in [3.05, 3.63) is 35.3 Å². The number of methoxy groups -OCH3 is 1. The molecule has 0 aliphatic heterocycles. The van der Waals surface area contributed by atoms with Crippen molar-refractivity contribution < 1.29 is 9.13 Å². The molecule has 0 atom stereocenters. The summed E-state index contributed by atoms with van der Waals surface area (Å²) in [7, 11) is 1.63. The van der Waals surface area contributed by atoms with Crippen molar-refractivity contribution in [2.75, 3.05) is 7.11 Å². The molecule has 0 bridgehead atoms. The first-order valence-corrected chi connectivity index (χ1v) is 5.71. The molecule has 4 heteroatoms. The van der Waals surface area contributed by atoms with Crippen LogP contribution in [0.3, 0.4) is 0 Å². The Balaban J connectivity index is 2.46. The summed E-state index contributed by atoms with van der Waals surface area (Å²) in [5.74, 6) is -0.191. The van der Waals surface area contributed by atoms with E-state index in [1.807, 2.05) is 6.92 Å². The first-order chi connectivity index (χ1) is 7.61. The fourth-order valence-corrected chi connectivity index (χ4v) is 2.35. The van der Waals surface area contributed by atoms with E-state index in [9.17, 15) is 4.39 Å². The van der Waals surface area contributed by atoms with Gasteiger partial charge in [0.2, 0.25) is 0 Å². The normalized spacial score (nSPS) is 10.5. The third kappa shape index (κ3) is 1.93. The van der Waals surface area contributed by atoms with Crippen LogP contribution in [-0.2, 0) is 0 Å². The van der Waals surface area contributed by atoms with Gasteiger partial charge in [-0.2, -0.15) is 0 Å². The zero-order chi connectivity index (χ0) is 11.7. The van der Waals surface area contributed by atoms with Crippen LogP contribution in [0.15, 0.2) is 18.2 Å². The Morgan fingerprint density at radius 1 is 1.31 bits per heavy atom. The third-order valence-corrected chi connectivity index (χ3v) is 3.51. The lowest BCUT2D eigenvalue weighted by atomic mass is 10.1. The molecule has 1 aromatic carbocycles. The fraction of sp³-hybridized carbons (Fsp3) is 0.250. The van der Waals surface area contributed by atoms with Gasteiger partial charge in [0, 0.05) is 5.56 Å². The lowest BCUT2D eigenvalue weighted by Gasteiger charge is -1.99. The number of halogens is 1. The molecule has 0 saturated carbocycles. The molecule has 2 aromatic rings. The number of aromatic nitrogens is 1. The van der Waals surface area contributed by atoms with E-state index in [0.29, 0.717) is 5.56 Å². The summed E-state index contributed by atoms with van der Waals surface area (Å²) < 4.78 is 18.3. The maximum atomic E-state index is 13.1. The van der Waals surface area contributed by atoms with E-state index in [1.54, 1.807) is 26.2 Å². The number of rotatable bonds is 2. The first kappa shape index (κ1) is 11.1. The molecule has 2 rings (SSSR count). The zero-order valence-corrected chi connectivity index (χ0v) is 10.2. The number of hydrogen-bond acceptors (Lipinski definition) is 3. The van der Waals surface area contributed by atoms with E-state index in [-0.39, 0.29) is 5.82 Å². The van der Waals surface area contributed by atoms with E-state index >= 15 is 0 Å². The topological polar surface area (TPSA) is 22.1 Å². The second kappa shape index (κ2) is 4.22. The first-order valence-electron chi connectivity index (χ1n) is 4.89. The van der Waals surface area contributed by atoms with Gasteiger partial charge >= 0.3 is 0 Å². The maximum Gasteiger partial charge on any atom is 0.197 e. The highest BCUT2D eigenvalue weighted by Gasteiger charge is 2.10. The molecule has 0 amide bonds. The highest BCUT2D eigenvalue weighted by atomic mass is 32.1. The Hall–Kier alpha value is -1.42. The van der Waals surface area contributed by atoms with Gasteiger partial charge in [-0.1, -0.05) is 11.3 Å². The quantitative estimate of drug-likeness (QED) is 0.796. The van der Waals surface area contributed by atoms with Crippen LogP contribution >= 0.6 is 11.3 Å². The highest BCUT2D eigenvalue weighted by Crippen LogP contribution is 2.33. The molecule has 0 fully saturated rings. The van der Waals surface area contributed by atoms with Crippen LogP contribution in [0.2, 0.25) is 0 Å². The van der Waals surface area contributed by atoms with E-state index in [4.69, 9.17) is 4.74 Å². The minimum absolute atomic E-state index is 0.191. The monoisotopic (exact) mass is 237 g/mol. The Morgan fingerprint density at radius 2 is 2.06 bits per heavy atom. The molecule has 0 radical (unpaired) electrons. The smallest absolute Gasteiger partial charge is 0.197 e. The molecule has 0 saturated heterocycles. The number of hydrogen-bond donors (Lipinski definition) is 0. The summed E-state index contributed by atoms with van der Waals surface area (Å²) in [6.07, 6.45) is 0. The number of aryl methyl sites for hydroxylation is 2. The number of benzene rings is 1. The van der Waals surface area contributed by atoms with Gasteiger partial charge in [-0.05, 0) is 37.6 Å². The van der Waals surface area contributed by atoms with Gasteiger partial charge in [0.05, 0.1) is 12.8 Å². The summed E-state index contributed by atoms with van der Waals surface area (Å²) in [5, 5.41) is 1.66. The van der Waals surface area contributed by atoms with Gasteiger partial charge in [-0.25, -0.2) is 9.37 Å². The summed E-state index contributed by atoms with van der Waals surface area (Å²) in [4.78, 5) is 4.39. The van der Waals surface area contributed by atoms with Crippen LogP contribution in [0.4, 0.5) is 4.39 Å². The van der Waals surface area contributed by atoms with Crippen molar-refractivity contribution in [3.8, 4) is 15.6 Å². The van der Waals surface area contributed by atoms with Gasteiger partial charge in [0.1, 0.15) is 10.8 Å². The summed E-state index contributed by atoms with van der Waals surface area (Å²) in [6.45, 7) is 3.64. The van der Waals surface area contributed by atoms with Crippen molar-refractivity contribution in [3.63, 3.8) is 0 Å². The molecular formula is C12H12FNOS. The molecule has 1 heterocycles. The van der Waals surface area contributed by atoms with Crippen molar-refractivity contribution in [2.45, 2.75) is 13.8 Å².